The second-order valence-electron chi connectivity index (χ2n) is 7.12. The number of hydrogen-bond acceptors (Lipinski definition) is 8. The predicted molar refractivity (Wildman–Crippen MR) is 128 cm³/mol. The van der Waals surface area contributed by atoms with Gasteiger partial charge < -0.3 is 21.1 Å². The van der Waals surface area contributed by atoms with E-state index in [0.29, 0.717) is 23.1 Å². The summed E-state index contributed by atoms with van der Waals surface area (Å²) in [6.45, 7) is 1.59. The summed E-state index contributed by atoms with van der Waals surface area (Å²) in [6.07, 6.45) is 0.715. The molecule has 172 valence electrons. The van der Waals surface area contributed by atoms with Crippen LogP contribution in [0.1, 0.15) is 15.9 Å². The van der Waals surface area contributed by atoms with E-state index < -0.39 is 16.1 Å². The van der Waals surface area contributed by atoms with Crippen LogP contribution in [0.2, 0.25) is 0 Å². The first kappa shape index (κ1) is 23.7. The first-order chi connectivity index (χ1) is 15.6. The number of anilines is 1. The zero-order valence-corrected chi connectivity index (χ0v) is 18.5. The molecule has 6 N–H and O–H groups in total. The van der Waals surface area contributed by atoms with Crippen LogP contribution in [0.15, 0.2) is 65.7 Å². The van der Waals surface area contributed by atoms with Crippen LogP contribution in [0.5, 0.6) is 5.75 Å². The Kier molecular flexibility index (Phi) is 7.26. The van der Waals surface area contributed by atoms with Gasteiger partial charge in [0.15, 0.2) is 5.96 Å². The molecule has 0 saturated carbocycles. The maximum Gasteiger partial charge on any atom is 0.343 e. The lowest BCUT2D eigenvalue weighted by Crippen LogP contribution is -2.26. The van der Waals surface area contributed by atoms with Gasteiger partial charge in [0.1, 0.15) is 11.6 Å². The Bertz CT molecular complexity index is 1310. The summed E-state index contributed by atoms with van der Waals surface area (Å²) < 4.78 is 31.4. The summed E-state index contributed by atoms with van der Waals surface area (Å²) in [5, 5.41) is 15.6. The van der Waals surface area contributed by atoms with E-state index in [-0.39, 0.29) is 5.84 Å². The fourth-order valence-electron chi connectivity index (χ4n) is 2.93. The zero-order valence-electron chi connectivity index (χ0n) is 17.7. The van der Waals surface area contributed by atoms with Gasteiger partial charge in [0.05, 0.1) is 18.4 Å². The van der Waals surface area contributed by atoms with Crippen molar-refractivity contribution < 1.29 is 22.5 Å². The van der Waals surface area contributed by atoms with Crippen LogP contribution < -0.4 is 21.1 Å². The monoisotopic (exact) mass is 469 g/mol. The number of rotatable bonds is 4. The lowest BCUT2D eigenvalue weighted by atomic mass is 10.1. The van der Waals surface area contributed by atoms with Crippen molar-refractivity contribution >= 4 is 44.3 Å². The topological polar surface area (TPSA) is 167 Å². The molecule has 0 fully saturated rings. The second kappa shape index (κ2) is 10.1. The number of ether oxygens (including phenoxy) is 1. The summed E-state index contributed by atoms with van der Waals surface area (Å²) in [6, 6.07) is 17.8. The van der Waals surface area contributed by atoms with Crippen molar-refractivity contribution in [3.63, 3.8) is 0 Å². The summed E-state index contributed by atoms with van der Waals surface area (Å²) in [5.41, 5.74) is 7.48. The summed E-state index contributed by atoms with van der Waals surface area (Å²) in [4.78, 5) is 16.7. The van der Waals surface area contributed by atoms with Crippen LogP contribution in [-0.4, -0.2) is 50.1 Å². The van der Waals surface area contributed by atoms with Crippen LogP contribution >= 0.6 is 0 Å². The predicted octanol–water partition coefficient (Wildman–Crippen LogP) is 2.22. The number of hydrogen-bond donors (Lipinski definition) is 5. The van der Waals surface area contributed by atoms with Gasteiger partial charge in [0.25, 0.3) is 10.1 Å². The van der Waals surface area contributed by atoms with E-state index >= 15 is 0 Å². The molecule has 3 aromatic rings. The molecule has 1 heterocycles. The SMILES string of the molecule is CS(=O)(=O)O.N=C(N)c1ccc2cc(OC(=O)c3ccc(NC4=NCCN4)cc3)ccc2c1. The fourth-order valence-corrected chi connectivity index (χ4v) is 2.93. The third-order valence-corrected chi connectivity index (χ3v) is 4.39. The average Bonchev–Trinajstić information content (AvgIpc) is 3.25. The number of guanidine groups is 1. The third kappa shape index (κ3) is 7.30. The first-order valence-electron chi connectivity index (χ1n) is 9.77. The standard InChI is InChI=1S/C21H19N5O2.CH4O3S/c22-19(23)16-2-1-15-12-18(8-5-14(15)11-16)28-20(27)13-3-6-17(7-4-13)26-21-24-9-10-25-21;1-5(2,3)4/h1-8,11-12H,9-10H2,(H3,22,23)(H2,24,25,26);1H3,(H,2,3,4). The Morgan fingerprint density at radius 1 is 1.09 bits per heavy atom. The van der Waals surface area contributed by atoms with Crippen LogP contribution in [-0.2, 0) is 10.1 Å². The van der Waals surface area contributed by atoms with Crippen LogP contribution in [0.3, 0.4) is 0 Å². The van der Waals surface area contributed by atoms with Gasteiger partial charge >= 0.3 is 5.97 Å². The first-order valence-corrected chi connectivity index (χ1v) is 11.6. The van der Waals surface area contributed by atoms with E-state index in [1.165, 1.54) is 0 Å². The molecule has 0 unspecified atom stereocenters. The van der Waals surface area contributed by atoms with Crippen molar-refractivity contribution in [3.05, 3.63) is 71.8 Å². The smallest absolute Gasteiger partial charge is 0.343 e. The van der Waals surface area contributed by atoms with Crippen LogP contribution in [0.4, 0.5) is 5.69 Å². The van der Waals surface area contributed by atoms with Gasteiger partial charge in [-0.15, -0.1) is 0 Å². The van der Waals surface area contributed by atoms with Gasteiger partial charge in [-0.05, 0) is 53.2 Å². The molecule has 0 amide bonds. The van der Waals surface area contributed by atoms with E-state index in [1.807, 2.05) is 30.3 Å². The molecule has 4 rings (SSSR count). The van der Waals surface area contributed by atoms with E-state index in [0.717, 1.165) is 35.5 Å². The maximum absolute atomic E-state index is 12.4. The summed E-state index contributed by atoms with van der Waals surface area (Å²) in [5.74, 6) is 0.785. The highest BCUT2D eigenvalue weighted by molar-refractivity contribution is 7.85. The van der Waals surface area contributed by atoms with Gasteiger partial charge in [-0.25, -0.2) is 4.79 Å². The lowest BCUT2D eigenvalue weighted by molar-refractivity contribution is 0.0735. The number of carbonyl (C=O) groups excluding carboxylic acids is 1. The number of benzene rings is 3. The van der Waals surface area contributed by atoms with E-state index in [1.54, 1.807) is 30.3 Å². The molecule has 0 bridgehead atoms. The van der Waals surface area contributed by atoms with Crippen LogP contribution in [0, 0.1) is 5.41 Å². The minimum atomic E-state index is -3.67. The number of nitrogens with one attached hydrogen (secondary N) is 3. The molecule has 0 spiro atoms. The third-order valence-electron chi connectivity index (χ3n) is 4.39. The highest BCUT2D eigenvalue weighted by atomic mass is 32.2. The van der Waals surface area contributed by atoms with E-state index in [4.69, 9.17) is 20.4 Å². The zero-order chi connectivity index (χ0) is 24.0. The fraction of sp³-hybridized carbons (Fsp3) is 0.136. The van der Waals surface area contributed by atoms with Gasteiger partial charge in [-0.3, -0.25) is 15.0 Å². The average molecular weight is 470 g/mol. The number of fused-ring (bicyclic) bond motifs is 1. The summed E-state index contributed by atoms with van der Waals surface area (Å²) >= 11 is 0. The minimum Gasteiger partial charge on any atom is -0.423 e. The quantitative estimate of drug-likeness (QED) is 0.127. The molecule has 0 radical (unpaired) electrons. The van der Waals surface area contributed by atoms with E-state index in [9.17, 15) is 13.2 Å². The Balaban J connectivity index is 0.000000555. The molecule has 0 atom stereocenters. The van der Waals surface area contributed by atoms with Crippen molar-refractivity contribution in [1.29, 1.82) is 5.41 Å². The molecule has 0 aromatic heterocycles. The highest BCUT2D eigenvalue weighted by Crippen LogP contribution is 2.23. The van der Waals surface area contributed by atoms with Crippen molar-refractivity contribution in [2.45, 2.75) is 0 Å². The number of carbonyl (C=O) groups is 1. The maximum atomic E-state index is 12.4. The Morgan fingerprint density at radius 2 is 1.70 bits per heavy atom. The molecule has 0 aliphatic carbocycles. The number of amidine groups is 1. The number of aliphatic imine (C=N–C) groups is 1. The molecule has 33 heavy (non-hydrogen) atoms. The normalized spacial score (nSPS) is 12.7. The molecular weight excluding hydrogens is 446 g/mol. The van der Waals surface area contributed by atoms with Crippen LogP contribution in [0.25, 0.3) is 10.8 Å². The number of nitrogens with two attached hydrogens (primary N) is 1. The van der Waals surface area contributed by atoms with Crippen molar-refractivity contribution in [3.8, 4) is 5.75 Å². The molecule has 0 saturated heterocycles. The minimum absolute atomic E-state index is 0.0196. The summed E-state index contributed by atoms with van der Waals surface area (Å²) in [7, 11) is -3.67. The number of esters is 1. The Morgan fingerprint density at radius 3 is 2.30 bits per heavy atom. The molecule has 1 aliphatic heterocycles. The van der Waals surface area contributed by atoms with Gasteiger partial charge in [0, 0.05) is 17.8 Å². The van der Waals surface area contributed by atoms with Gasteiger partial charge in [-0.2, -0.15) is 8.42 Å². The second-order valence-corrected chi connectivity index (χ2v) is 8.59. The molecule has 1 aliphatic rings. The van der Waals surface area contributed by atoms with Gasteiger partial charge in [-0.1, -0.05) is 18.2 Å². The van der Waals surface area contributed by atoms with Crippen molar-refractivity contribution in [2.75, 3.05) is 24.7 Å². The van der Waals surface area contributed by atoms with Gasteiger partial charge in [0.2, 0.25) is 0 Å². The number of nitrogen functional groups attached to an aromatic ring is 1. The lowest BCUT2D eigenvalue weighted by Gasteiger charge is -2.09. The largest absolute Gasteiger partial charge is 0.423 e. The van der Waals surface area contributed by atoms with E-state index in [2.05, 4.69) is 15.6 Å². The molecule has 10 nitrogen and oxygen atoms in total. The number of nitrogens with zero attached hydrogens (tertiary/aromatic N) is 1. The molecule has 3 aromatic carbocycles. The highest BCUT2D eigenvalue weighted by Gasteiger charge is 2.11. The molecule has 11 heteroatoms. The Labute approximate surface area is 190 Å². The Hall–Kier alpha value is -3.96. The van der Waals surface area contributed by atoms with Crippen molar-refractivity contribution in [2.24, 2.45) is 10.7 Å². The molecular formula is C22H23N5O5S. The van der Waals surface area contributed by atoms with Crippen molar-refractivity contribution in [1.82, 2.24) is 5.32 Å².